The van der Waals surface area contributed by atoms with Crippen LogP contribution in [0.2, 0.25) is 0 Å². The second kappa shape index (κ2) is 5.09. The molecule has 2 N–H and O–H groups in total. The summed E-state index contributed by atoms with van der Waals surface area (Å²) in [5.74, 6) is 2.13. The molecule has 1 fully saturated rings. The van der Waals surface area contributed by atoms with E-state index in [9.17, 15) is 0 Å². The van der Waals surface area contributed by atoms with Crippen molar-refractivity contribution in [3.05, 3.63) is 29.3 Å². The maximum atomic E-state index is 6.32. The lowest BCUT2D eigenvalue weighted by Gasteiger charge is -2.32. The molecule has 2 rings (SSSR count). The lowest BCUT2D eigenvalue weighted by molar-refractivity contribution is 0.264. The fraction of sp³-hybridized carbons (Fsp3) is 0.600. The summed E-state index contributed by atoms with van der Waals surface area (Å²) in [4.78, 5) is 0. The van der Waals surface area contributed by atoms with E-state index in [1.807, 2.05) is 0 Å². The van der Waals surface area contributed by atoms with E-state index < -0.39 is 0 Å². The molecule has 1 aromatic rings. The summed E-state index contributed by atoms with van der Waals surface area (Å²) in [5.41, 5.74) is 8.85. The predicted molar refractivity (Wildman–Crippen MR) is 71.4 cm³/mol. The van der Waals surface area contributed by atoms with Crippen LogP contribution < -0.4 is 10.5 Å². The largest absolute Gasteiger partial charge is 0.496 e. The molecule has 0 amide bonds. The highest BCUT2D eigenvalue weighted by Crippen LogP contribution is 2.38. The van der Waals surface area contributed by atoms with Crippen LogP contribution in [0, 0.1) is 5.92 Å². The molecular weight excluding hydrogens is 210 g/mol. The molecule has 1 aliphatic carbocycles. The van der Waals surface area contributed by atoms with Gasteiger partial charge in [0.25, 0.3) is 0 Å². The zero-order valence-corrected chi connectivity index (χ0v) is 11.1. The second-order valence-electron chi connectivity index (χ2n) is 5.37. The quantitative estimate of drug-likeness (QED) is 0.862. The molecule has 0 aromatic heterocycles. The zero-order chi connectivity index (χ0) is 12.4. The summed E-state index contributed by atoms with van der Waals surface area (Å²) in [5, 5.41) is 0. The molecule has 94 valence electrons. The van der Waals surface area contributed by atoms with E-state index >= 15 is 0 Å². The van der Waals surface area contributed by atoms with Gasteiger partial charge in [0.2, 0.25) is 0 Å². The first-order valence-corrected chi connectivity index (χ1v) is 6.57. The molecule has 2 heteroatoms. The number of hydrogen-bond acceptors (Lipinski definition) is 2. The van der Waals surface area contributed by atoms with Gasteiger partial charge < -0.3 is 10.5 Å². The topological polar surface area (TPSA) is 35.2 Å². The van der Waals surface area contributed by atoms with Crippen molar-refractivity contribution in [2.75, 3.05) is 7.11 Å². The van der Waals surface area contributed by atoms with E-state index in [4.69, 9.17) is 10.5 Å². The van der Waals surface area contributed by atoms with Crippen LogP contribution in [-0.2, 0) is 0 Å². The summed E-state index contributed by atoms with van der Waals surface area (Å²) in [6, 6.07) is 6.61. The van der Waals surface area contributed by atoms with Gasteiger partial charge in [0, 0.05) is 6.04 Å². The van der Waals surface area contributed by atoms with Crippen LogP contribution in [-0.4, -0.2) is 7.11 Å². The molecule has 17 heavy (non-hydrogen) atoms. The summed E-state index contributed by atoms with van der Waals surface area (Å²) in [7, 11) is 1.73. The molecule has 0 spiro atoms. The Morgan fingerprint density at radius 3 is 2.47 bits per heavy atom. The Morgan fingerprint density at radius 2 is 2.00 bits per heavy atom. The summed E-state index contributed by atoms with van der Waals surface area (Å²) in [6.07, 6.45) is 3.90. The maximum Gasteiger partial charge on any atom is 0.122 e. The maximum absolute atomic E-state index is 6.32. The first-order valence-electron chi connectivity index (χ1n) is 6.57. The van der Waals surface area contributed by atoms with E-state index in [-0.39, 0.29) is 6.04 Å². The smallest absolute Gasteiger partial charge is 0.122 e. The van der Waals surface area contributed by atoms with E-state index in [2.05, 4.69) is 32.0 Å². The third-order valence-electron chi connectivity index (χ3n) is 3.92. The summed E-state index contributed by atoms with van der Waals surface area (Å²) >= 11 is 0. The molecule has 0 bridgehead atoms. The van der Waals surface area contributed by atoms with Crippen LogP contribution in [0.1, 0.15) is 56.2 Å². The Kier molecular flexibility index (Phi) is 3.72. The van der Waals surface area contributed by atoms with Crippen LogP contribution in [0.15, 0.2) is 18.2 Å². The fourth-order valence-corrected chi connectivity index (χ4v) is 2.48. The first-order chi connectivity index (χ1) is 8.13. The Labute approximate surface area is 104 Å². The highest BCUT2D eigenvalue weighted by atomic mass is 16.5. The van der Waals surface area contributed by atoms with Crippen LogP contribution in [0.3, 0.4) is 0 Å². The molecular formula is C15H23NO. The summed E-state index contributed by atoms with van der Waals surface area (Å²) < 4.78 is 5.40. The molecule has 0 radical (unpaired) electrons. The van der Waals surface area contributed by atoms with Crippen molar-refractivity contribution in [1.29, 1.82) is 0 Å². The standard InChI is InChI=1S/C15H23NO/c1-10(2)13-9-12(7-8-14(13)17-3)15(16)11-5-4-6-11/h7-11,15H,4-6,16H2,1-3H3. The van der Waals surface area contributed by atoms with Crippen LogP contribution in [0.5, 0.6) is 5.75 Å². The Bertz CT molecular complexity index is 383. The van der Waals surface area contributed by atoms with Crippen molar-refractivity contribution in [3.63, 3.8) is 0 Å². The number of ether oxygens (including phenoxy) is 1. The van der Waals surface area contributed by atoms with Crippen LogP contribution >= 0.6 is 0 Å². The van der Waals surface area contributed by atoms with Gasteiger partial charge in [0.1, 0.15) is 5.75 Å². The lowest BCUT2D eigenvalue weighted by Crippen LogP contribution is -2.26. The van der Waals surface area contributed by atoms with Gasteiger partial charge in [-0.2, -0.15) is 0 Å². The highest BCUT2D eigenvalue weighted by molar-refractivity contribution is 5.40. The molecule has 0 saturated heterocycles. The lowest BCUT2D eigenvalue weighted by atomic mass is 9.77. The zero-order valence-electron chi connectivity index (χ0n) is 11.1. The average Bonchev–Trinajstić information content (AvgIpc) is 2.25. The van der Waals surface area contributed by atoms with Crippen molar-refractivity contribution in [1.82, 2.24) is 0 Å². The first kappa shape index (κ1) is 12.4. The van der Waals surface area contributed by atoms with E-state index in [0.29, 0.717) is 11.8 Å². The minimum absolute atomic E-state index is 0.201. The van der Waals surface area contributed by atoms with Gasteiger partial charge in [0.05, 0.1) is 7.11 Å². The Morgan fingerprint density at radius 1 is 1.29 bits per heavy atom. The van der Waals surface area contributed by atoms with E-state index in [1.165, 1.54) is 30.4 Å². The van der Waals surface area contributed by atoms with Crippen molar-refractivity contribution in [2.45, 2.75) is 45.1 Å². The van der Waals surface area contributed by atoms with Gasteiger partial charge in [-0.1, -0.05) is 32.4 Å². The number of hydrogen-bond donors (Lipinski definition) is 1. The third kappa shape index (κ3) is 2.47. The second-order valence-corrected chi connectivity index (χ2v) is 5.37. The summed E-state index contributed by atoms with van der Waals surface area (Å²) in [6.45, 7) is 4.38. The van der Waals surface area contributed by atoms with Crippen LogP contribution in [0.4, 0.5) is 0 Å². The van der Waals surface area contributed by atoms with Gasteiger partial charge in [-0.05, 0) is 41.9 Å². The monoisotopic (exact) mass is 233 g/mol. The molecule has 1 saturated carbocycles. The molecule has 1 atom stereocenters. The van der Waals surface area contributed by atoms with E-state index in [0.717, 1.165) is 5.75 Å². The minimum atomic E-state index is 0.201. The number of rotatable bonds is 4. The highest BCUT2D eigenvalue weighted by Gasteiger charge is 2.26. The molecule has 2 nitrogen and oxygen atoms in total. The van der Waals surface area contributed by atoms with Crippen LogP contribution in [0.25, 0.3) is 0 Å². The number of nitrogens with two attached hydrogens (primary N) is 1. The minimum Gasteiger partial charge on any atom is -0.496 e. The number of methoxy groups -OCH3 is 1. The Balaban J connectivity index is 2.26. The molecule has 0 heterocycles. The molecule has 0 aliphatic heterocycles. The van der Waals surface area contributed by atoms with Gasteiger partial charge in [-0.25, -0.2) is 0 Å². The molecule has 1 aliphatic rings. The van der Waals surface area contributed by atoms with E-state index in [1.54, 1.807) is 7.11 Å². The molecule has 1 aromatic carbocycles. The third-order valence-corrected chi connectivity index (χ3v) is 3.92. The van der Waals surface area contributed by atoms with Crippen molar-refractivity contribution < 1.29 is 4.74 Å². The van der Waals surface area contributed by atoms with Gasteiger partial charge in [-0.15, -0.1) is 0 Å². The normalized spacial score (nSPS) is 17.9. The Hall–Kier alpha value is -1.02. The van der Waals surface area contributed by atoms with Crippen molar-refractivity contribution >= 4 is 0 Å². The molecule has 1 unspecified atom stereocenters. The predicted octanol–water partition coefficient (Wildman–Crippen LogP) is 3.62. The number of benzene rings is 1. The van der Waals surface area contributed by atoms with Gasteiger partial charge in [0.15, 0.2) is 0 Å². The fourth-order valence-electron chi connectivity index (χ4n) is 2.48. The average molecular weight is 233 g/mol. The SMILES string of the molecule is COc1ccc(C(N)C2CCC2)cc1C(C)C. The van der Waals surface area contributed by atoms with Gasteiger partial charge in [-0.3, -0.25) is 0 Å². The van der Waals surface area contributed by atoms with Gasteiger partial charge >= 0.3 is 0 Å². The van der Waals surface area contributed by atoms with Crippen molar-refractivity contribution in [3.8, 4) is 5.75 Å². The van der Waals surface area contributed by atoms with Crippen molar-refractivity contribution in [2.24, 2.45) is 11.7 Å².